The van der Waals surface area contributed by atoms with Crippen LogP contribution < -0.4 is 20.5 Å². The summed E-state index contributed by atoms with van der Waals surface area (Å²) in [6.07, 6.45) is 3.47. The number of primary amides is 1. The number of halogens is 2. The molecule has 0 saturated carbocycles. The number of hydrogen-bond donors (Lipinski definition) is 2. The van der Waals surface area contributed by atoms with Crippen molar-refractivity contribution in [2.24, 2.45) is 16.1 Å². The normalized spacial score (nSPS) is 18.9. The lowest BCUT2D eigenvalue weighted by atomic mass is 9.74. The maximum absolute atomic E-state index is 13.3. The van der Waals surface area contributed by atoms with E-state index in [4.69, 9.17) is 26.8 Å². The van der Waals surface area contributed by atoms with E-state index in [1.165, 1.54) is 12.1 Å². The Bertz CT molecular complexity index is 1120. The maximum atomic E-state index is 13.3. The number of carbonyl (C=O) groups excluding carboxylic acids is 2. The predicted molar refractivity (Wildman–Crippen MR) is 132 cm³/mol. The van der Waals surface area contributed by atoms with E-state index in [1.807, 2.05) is 11.1 Å². The van der Waals surface area contributed by atoms with Crippen molar-refractivity contribution >= 4 is 35.3 Å². The molecule has 2 aromatic rings. The van der Waals surface area contributed by atoms with Gasteiger partial charge in [0.15, 0.2) is 12.7 Å². The molecule has 2 aliphatic rings. The van der Waals surface area contributed by atoms with E-state index in [2.05, 4.69) is 10.3 Å². The quantitative estimate of drug-likeness (QED) is 0.566. The fourth-order valence-corrected chi connectivity index (χ4v) is 4.79. The number of aliphatic imine (C=N–C) groups is 1. The van der Waals surface area contributed by atoms with Crippen LogP contribution in [0.15, 0.2) is 41.4 Å². The van der Waals surface area contributed by atoms with Crippen molar-refractivity contribution < 1.29 is 23.5 Å². The van der Waals surface area contributed by atoms with E-state index in [9.17, 15) is 14.0 Å². The first kappa shape index (κ1) is 24.8. The van der Waals surface area contributed by atoms with Gasteiger partial charge in [0.05, 0.1) is 17.3 Å². The van der Waals surface area contributed by atoms with Crippen LogP contribution >= 0.6 is 11.6 Å². The highest BCUT2D eigenvalue weighted by atomic mass is 35.5. The third-order valence-electron chi connectivity index (χ3n) is 6.37. The molecule has 186 valence electrons. The van der Waals surface area contributed by atoms with E-state index >= 15 is 0 Å². The summed E-state index contributed by atoms with van der Waals surface area (Å²) in [5.74, 6) is -0.328. The van der Waals surface area contributed by atoms with Crippen LogP contribution in [0.2, 0.25) is 5.02 Å². The van der Waals surface area contributed by atoms with Gasteiger partial charge in [-0.05, 0) is 43.0 Å². The molecule has 8 nitrogen and oxygen atoms in total. The van der Waals surface area contributed by atoms with Crippen molar-refractivity contribution in [3.05, 3.63) is 52.8 Å². The zero-order valence-corrected chi connectivity index (χ0v) is 20.2. The number of hydrogen-bond acceptors (Lipinski definition) is 6. The summed E-state index contributed by atoms with van der Waals surface area (Å²) in [6, 6.07) is 9.70. The highest BCUT2D eigenvalue weighted by Crippen LogP contribution is 2.39. The fraction of sp³-hybridized carbons (Fsp3) is 0.400. The molecule has 3 N–H and O–H groups in total. The van der Waals surface area contributed by atoms with Crippen LogP contribution in [0.5, 0.6) is 11.5 Å². The molecule has 0 aliphatic carbocycles. The number of anilines is 1. The van der Waals surface area contributed by atoms with Gasteiger partial charge >= 0.3 is 0 Å². The Kier molecular flexibility index (Phi) is 7.45. The van der Waals surface area contributed by atoms with Crippen LogP contribution in [-0.2, 0) is 16.0 Å². The first-order chi connectivity index (χ1) is 16.8. The molecule has 4 rings (SSSR count). The smallest absolute Gasteiger partial charge is 0.265 e. The number of carbonyl (C=O) groups is 2. The molecule has 0 radical (unpaired) electrons. The van der Waals surface area contributed by atoms with Crippen molar-refractivity contribution in [3.8, 4) is 11.5 Å². The van der Waals surface area contributed by atoms with Crippen molar-refractivity contribution in [3.63, 3.8) is 0 Å². The number of benzene rings is 2. The minimum Gasteiger partial charge on any atom is -0.482 e. The molecule has 2 heterocycles. The summed E-state index contributed by atoms with van der Waals surface area (Å²) in [6.45, 7) is 1.11. The molecule has 0 bridgehead atoms. The number of likely N-dealkylation sites (tertiary alicyclic amines) is 1. The number of nitrogens with two attached hydrogens (primary N) is 1. The highest BCUT2D eigenvalue weighted by Gasteiger charge is 2.38. The molecular weight excluding hydrogens is 475 g/mol. The molecule has 1 saturated heterocycles. The van der Waals surface area contributed by atoms with Gasteiger partial charge in [-0.2, -0.15) is 0 Å². The van der Waals surface area contributed by atoms with Gasteiger partial charge in [-0.1, -0.05) is 23.7 Å². The van der Waals surface area contributed by atoms with E-state index in [0.29, 0.717) is 36.1 Å². The van der Waals surface area contributed by atoms with Gasteiger partial charge in [-0.3, -0.25) is 9.59 Å². The number of nitrogens with zero attached hydrogens (tertiary/aromatic N) is 2. The molecule has 0 aromatic heterocycles. The summed E-state index contributed by atoms with van der Waals surface area (Å²) >= 11 is 6.21. The average Bonchev–Trinajstić information content (AvgIpc) is 2.84. The third-order valence-corrected chi connectivity index (χ3v) is 6.67. The number of ether oxygens (including phenoxy) is 2. The summed E-state index contributed by atoms with van der Waals surface area (Å²) in [5.41, 5.74) is 6.62. The average molecular weight is 503 g/mol. The zero-order chi connectivity index (χ0) is 25.0. The Morgan fingerprint density at radius 2 is 2.03 bits per heavy atom. The molecule has 1 unspecified atom stereocenters. The predicted octanol–water partition coefficient (Wildman–Crippen LogP) is 3.07. The van der Waals surface area contributed by atoms with Crippen molar-refractivity contribution in [2.45, 2.75) is 25.4 Å². The Morgan fingerprint density at radius 1 is 1.31 bits per heavy atom. The van der Waals surface area contributed by atoms with E-state index in [-0.39, 0.29) is 29.5 Å². The highest BCUT2D eigenvalue weighted by molar-refractivity contribution is 6.32. The van der Waals surface area contributed by atoms with Gasteiger partial charge in [-0.25, -0.2) is 4.39 Å². The lowest BCUT2D eigenvalue weighted by Gasteiger charge is -2.41. The molecule has 1 fully saturated rings. The molecule has 1 atom stereocenters. The lowest BCUT2D eigenvalue weighted by Crippen LogP contribution is -2.51. The third kappa shape index (κ3) is 5.85. The summed E-state index contributed by atoms with van der Waals surface area (Å²) < 4.78 is 24.6. The van der Waals surface area contributed by atoms with Gasteiger partial charge in [-0.15, -0.1) is 0 Å². The number of rotatable bonds is 7. The number of fused-ring (bicyclic) bond motifs is 1. The summed E-state index contributed by atoms with van der Waals surface area (Å²) in [7, 11) is 1.75. The molecule has 2 aromatic carbocycles. The molecule has 0 spiro atoms. The largest absolute Gasteiger partial charge is 0.482 e. The first-order valence-electron chi connectivity index (χ1n) is 11.4. The summed E-state index contributed by atoms with van der Waals surface area (Å²) in [4.78, 5) is 30.4. The number of amides is 2. The van der Waals surface area contributed by atoms with Crippen LogP contribution in [0.3, 0.4) is 0 Å². The number of nitrogens with one attached hydrogen (secondary N) is 1. The maximum Gasteiger partial charge on any atom is 0.265 e. The van der Waals surface area contributed by atoms with Crippen molar-refractivity contribution in [1.29, 1.82) is 0 Å². The topological polar surface area (TPSA) is 106 Å². The zero-order valence-electron chi connectivity index (χ0n) is 19.4. The van der Waals surface area contributed by atoms with E-state index in [0.717, 1.165) is 24.8 Å². The van der Waals surface area contributed by atoms with Crippen LogP contribution in [0.1, 0.15) is 18.4 Å². The van der Waals surface area contributed by atoms with Crippen molar-refractivity contribution in [1.82, 2.24) is 4.90 Å². The Hall–Kier alpha value is -3.33. The van der Waals surface area contributed by atoms with Crippen LogP contribution in [-0.4, -0.2) is 62.3 Å². The van der Waals surface area contributed by atoms with Gasteiger partial charge in [0, 0.05) is 37.8 Å². The number of piperidine rings is 1. The minimum atomic E-state index is -0.711. The van der Waals surface area contributed by atoms with Crippen LogP contribution in [0.4, 0.5) is 10.1 Å². The van der Waals surface area contributed by atoms with Gasteiger partial charge in [0.2, 0.25) is 0 Å². The van der Waals surface area contributed by atoms with Gasteiger partial charge < -0.3 is 30.4 Å². The van der Waals surface area contributed by atoms with E-state index in [1.54, 1.807) is 31.3 Å². The minimum absolute atomic E-state index is 0.110. The Balaban J connectivity index is 1.40. The van der Waals surface area contributed by atoms with Crippen LogP contribution in [0, 0.1) is 11.2 Å². The SMILES string of the molecule is CN=CC1(Cc2ccc(F)cc2)CCN(C(=O)C2CNc3cc(Cl)c(OCC(N)=O)cc3O2)CC1. The molecular formula is C25H28ClFN4O4. The molecule has 35 heavy (non-hydrogen) atoms. The molecule has 2 aliphatic heterocycles. The summed E-state index contributed by atoms with van der Waals surface area (Å²) in [5, 5.41) is 3.49. The van der Waals surface area contributed by atoms with E-state index < -0.39 is 12.0 Å². The standard InChI is InChI=1S/C25H28ClFN4O4/c1-29-15-25(12-16-2-4-17(27)5-3-16)6-8-31(9-7-25)24(33)22-13-30-19-10-18(26)20(11-21(19)35-22)34-14-23(28)32/h2-5,10-11,15,22,30H,6-9,12-14H2,1H3,(H2,28,32). The van der Waals surface area contributed by atoms with Gasteiger partial charge in [0.25, 0.3) is 11.8 Å². The Morgan fingerprint density at radius 3 is 2.69 bits per heavy atom. The second kappa shape index (κ2) is 10.5. The molecule has 10 heteroatoms. The second-order valence-corrected chi connectivity index (χ2v) is 9.31. The van der Waals surface area contributed by atoms with Crippen LogP contribution in [0.25, 0.3) is 0 Å². The second-order valence-electron chi connectivity index (χ2n) is 8.90. The van der Waals surface area contributed by atoms with Crippen molar-refractivity contribution in [2.75, 3.05) is 38.6 Å². The van der Waals surface area contributed by atoms with Gasteiger partial charge in [0.1, 0.15) is 17.3 Å². The lowest BCUT2D eigenvalue weighted by molar-refractivity contribution is -0.140. The monoisotopic (exact) mass is 502 g/mol. The fourth-order valence-electron chi connectivity index (χ4n) is 4.58. The Labute approximate surface area is 208 Å². The first-order valence-corrected chi connectivity index (χ1v) is 11.8. The molecule has 2 amide bonds.